The topological polar surface area (TPSA) is 78.9 Å². The summed E-state index contributed by atoms with van der Waals surface area (Å²) < 4.78 is 16.9. The van der Waals surface area contributed by atoms with Crippen LogP contribution in [0.4, 0.5) is 0 Å². The molecule has 0 saturated heterocycles. The van der Waals surface area contributed by atoms with E-state index in [0.29, 0.717) is 19.3 Å². The van der Waals surface area contributed by atoms with Gasteiger partial charge in [0, 0.05) is 19.3 Å². The summed E-state index contributed by atoms with van der Waals surface area (Å²) in [5.41, 5.74) is 0. The molecule has 0 aliphatic carbocycles. The van der Waals surface area contributed by atoms with Gasteiger partial charge in [0.2, 0.25) is 0 Å². The van der Waals surface area contributed by atoms with Crippen molar-refractivity contribution in [2.45, 2.75) is 271 Å². The molecule has 0 spiro atoms. The van der Waals surface area contributed by atoms with E-state index >= 15 is 0 Å². The minimum Gasteiger partial charge on any atom is -0.462 e. The van der Waals surface area contributed by atoms with Crippen molar-refractivity contribution in [3.05, 3.63) is 158 Å². The highest BCUT2D eigenvalue weighted by atomic mass is 16.6. The van der Waals surface area contributed by atoms with Crippen molar-refractivity contribution in [2.24, 2.45) is 0 Å². The molecule has 0 heterocycles. The Morgan fingerprint density at radius 1 is 0.253 bits per heavy atom. The van der Waals surface area contributed by atoms with Gasteiger partial charge in [0.05, 0.1) is 0 Å². The lowest BCUT2D eigenvalue weighted by Gasteiger charge is -2.18. The number of rotatable bonds is 56. The third kappa shape index (κ3) is 63.7. The minimum absolute atomic E-state index is 0.102. The van der Waals surface area contributed by atoms with Crippen LogP contribution in [0, 0.1) is 0 Å². The second kappa shape index (κ2) is 65.5. The number of hydrogen-bond donors (Lipinski definition) is 0. The number of hydrogen-bond acceptors (Lipinski definition) is 6. The zero-order valence-electron chi connectivity index (χ0n) is 50.8. The molecule has 6 heteroatoms. The quantitative estimate of drug-likeness (QED) is 0.0261. The molecule has 0 aliphatic rings. The van der Waals surface area contributed by atoms with Gasteiger partial charge >= 0.3 is 17.9 Å². The Bertz CT molecular complexity index is 1780. The fourth-order valence-corrected chi connectivity index (χ4v) is 8.33. The van der Waals surface area contributed by atoms with Gasteiger partial charge in [0.25, 0.3) is 0 Å². The fourth-order valence-electron chi connectivity index (χ4n) is 8.33. The Morgan fingerprint density at radius 3 is 0.709 bits per heavy atom. The zero-order valence-corrected chi connectivity index (χ0v) is 50.8. The molecule has 0 aromatic heterocycles. The third-order valence-corrected chi connectivity index (χ3v) is 13.0. The number of unbranched alkanes of at least 4 members (excludes halogenated alkanes) is 19. The molecule has 0 radical (unpaired) electrons. The molecule has 6 nitrogen and oxygen atoms in total. The van der Waals surface area contributed by atoms with Crippen LogP contribution in [0.5, 0.6) is 0 Å². The summed E-state index contributed by atoms with van der Waals surface area (Å²) in [6, 6.07) is 0. The van der Waals surface area contributed by atoms with Crippen LogP contribution in [-0.2, 0) is 28.6 Å². The van der Waals surface area contributed by atoms with E-state index in [1.807, 2.05) is 0 Å². The van der Waals surface area contributed by atoms with Crippen LogP contribution in [0.1, 0.15) is 265 Å². The van der Waals surface area contributed by atoms with Crippen LogP contribution >= 0.6 is 0 Å². The summed E-state index contributed by atoms with van der Waals surface area (Å²) in [5.74, 6) is -0.947. The Hall–Kier alpha value is -4.97. The van der Waals surface area contributed by atoms with Gasteiger partial charge in [0.15, 0.2) is 6.10 Å². The first kappa shape index (κ1) is 74.0. The predicted octanol–water partition coefficient (Wildman–Crippen LogP) is 22.1. The van der Waals surface area contributed by atoms with Gasteiger partial charge in [-0.1, -0.05) is 262 Å². The Labute approximate surface area is 486 Å². The Kier molecular flexibility index (Phi) is 61.4. The molecule has 0 saturated carbocycles. The number of allylic oxidation sites excluding steroid dienone is 26. The van der Waals surface area contributed by atoms with Gasteiger partial charge in [-0.3, -0.25) is 14.4 Å². The molecular weight excluding hydrogens is 973 g/mol. The van der Waals surface area contributed by atoms with Crippen molar-refractivity contribution in [1.29, 1.82) is 0 Å². The van der Waals surface area contributed by atoms with Crippen molar-refractivity contribution in [2.75, 3.05) is 13.2 Å². The smallest absolute Gasteiger partial charge is 0.306 e. The summed E-state index contributed by atoms with van der Waals surface area (Å²) in [6.45, 7) is 6.26. The first-order chi connectivity index (χ1) is 39.0. The van der Waals surface area contributed by atoms with E-state index in [1.165, 1.54) is 51.4 Å². The maximum atomic E-state index is 12.9. The van der Waals surface area contributed by atoms with Crippen molar-refractivity contribution in [1.82, 2.24) is 0 Å². The molecule has 0 aromatic carbocycles. The van der Waals surface area contributed by atoms with E-state index in [0.717, 1.165) is 173 Å². The molecule has 0 rings (SSSR count). The lowest BCUT2D eigenvalue weighted by atomic mass is 10.1. The Balaban J connectivity index is 4.46. The lowest BCUT2D eigenvalue weighted by molar-refractivity contribution is -0.167. The molecule has 0 aliphatic heterocycles. The van der Waals surface area contributed by atoms with Gasteiger partial charge < -0.3 is 14.2 Å². The minimum atomic E-state index is -0.808. The summed E-state index contributed by atoms with van der Waals surface area (Å²) in [7, 11) is 0. The first-order valence-electron chi connectivity index (χ1n) is 32.0. The number of ether oxygens (including phenoxy) is 3. The van der Waals surface area contributed by atoms with Crippen LogP contribution in [0.15, 0.2) is 158 Å². The number of carbonyl (C=O) groups is 3. The van der Waals surface area contributed by atoms with Crippen molar-refractivity contribution < 1.29 is 28.6 Å². The third-order valence-electron chi connectivity index (χ3n) is 13.0. The zero-order chi connectivity index (χ0) is 57.1. The first-order valence-corrected chi connectivity index (χ1v) is 32.0. The van der Waals surface area contributed by atoms with Crippen molar-refractivity contribution >= 4 is 17.9 Å². The van der Waals surface area contributed by atoms with Crippen LogP contribution in [-0.4, -0.2) is 37.2 Å². The van der Waals surface area contributed by atoms with Crippen molar-refractivity contribution in [3.63, 3.8) is 0 Å². The standard InChI is InChI=1S/C73H116O6/c1-4-7-10-13-16-19-22-25-28-31-33-34-35-36-37-38-40-42-45-48-51-54-57-60-63-66-72(75)78-69-70(68-77-71(74)65-62-59-56-53-50-47-44-41-30-27-24-21-18-15-12-9-6-3)79-73(76)67-64-61-58-55-52-49-46-43-39-32-29-26-23-20-17-14-11-8-5-2/h7-12,16-21,25-30,33-34,36-37,39,43-44,47,70H,4-6,13-15,22-24,31-32,35,38,40-42,45-46,48-69H2,1-3H3/b10-7-,11-8-,12-9-,19-16-,20-17-,21-18-,28-25-,29-26-,30-27-,34-33-,37-36-,43-39-,47-44-. The SMILES string of the molecule is CC/C=C\C/C=C\C/C=C\C/C=C\C/C=C\CCCCCCCCCCCC(=O)OCC(COC(=O)CCCCCC/C=C\C/C=C\C/C=C\C/C=C\CC)OC(=O)CCCCCCCC/C=C\C/C=C\C/C=C\C/C=C\CC. The largest absolute Gasteiger partial charge is 0.462 e. The van der Waals surface area contributed by atoms with E-state index in [2.05, 4.69) is 179 Å². The molecule has 1 atom stereocenters. The lowest BCUT2D eigenvalue weighted by Crippen LogP contribution is -2.30. The Morgan fingerprint density at radius 2 is 0.456 bits per heavy atom. The van der Waals surface area contributed by atoms with Gasteiger partial charge in [-0.05, 0) is 141 Å². The molecule has 444 valence electrons. The van der Waals surface area contributed by atoms with Crippen LogP contribution in [0.2, 0.25) is 0 Å². The second-order valence-electron chi connectivity index (χ2n) is 20.5. The highest BCUT2D eigenvalue weighted by Crippen LogP contribution is 2.15. The van der Waals surface area contributed by atoms with Crippen LogP contribution in [0.3, 0.4) is 0 Å². The molecular formula is C73H116O6. The summed E-state index contributed by atoms with van der Waals surface area (Å²) in [6.07, 6.45) is 95.2. The van der Waals surface area contributed by atoms with E-state index in [4.69, 9.17) is 14.2 Å². The van der Waals surface area contributed by atoms with Gasteiger partial charge in [0.1, 0.15) is 13.2 Å². The van der Waals surface area contributed by atoms with E-state index in [9.17, 15) is 14.4 Å². The maximum Gasteiger partial charge on any atom is 0.306 e. The highest BCUT2D eigenvalue weighted by molar-refractivity contribution is 5.71. The average molecular weight is 1090 g/mol. The monoisotopic (exact) mass is 1090 g/mol. The molecule has 0 bridgehead atoms. The number of esters is 3. The van der Waals surface area contributed by atoms with E-state index in [1.54, 1.807) is 0 Å². The number of carbonyl (C=O) groups excluding carboxylic acids is 3. The molecule has 1 unspecified atom stereocenters. The molecule has 0 fully saturated rings. The van der Waals surface area contributed by atoms with Gasteiger partial charge in [-0.2, -0.15) is 0 Å². The highest BCUT2D eigenvalue weighted by Gasteiger charge is 2.19. The predicted molar refractivity (Wildman–Crippen MR) is 343 cm³/mol. The molecule has 0 aromatic rings. The molecule has 0 N–H and O–H groups in total. The average Bonchev–Trinajstić information content (AvgIpc) is 3.45. The molecule has 0 amide bonds. The summed E-state index contributed by atoms with van der Waals surface area (Å²) >= 11 is 0. The normalized spacial score (nSPS) is 13.2. The fraction of sp³-hybridized carbons (Fsp3) is 0.603. The second-order valence-corrected chi connectivity index (χ2v) is 20.5. The molecule has 79 heavy (non-hydrogen) atoms. The van der Waals surface area contributed by atoms with E-state index < -0.39 is 6.10 Å². The van der Waals surface area contributed by atoms with E-state index in [-0.39, 0.29) is 31.1 Å². The maximum absolute atomic E-state index is 12.9. The van der Waals surface area contributed by atoms with Crippen LogP contribution < -0.4 is 0 Å². The van der Waals surface area contributed by atoms with Gasteiger partial charge in [-0.15, -0.1) is 0 Å². The van der Waals surface area contributed by atoms with Crippen LogP contribution in [0.25, 0.3) is 0 Å². The summed E-state index contributed by atoms with van der Waals surface area (Å²) in [5, 5.41) is 0. The summed E-state index contributed by atoms with van der Waals surface area (Å²) in [4.78, 5) is 38.4. The van der Waals surface area contributed by atoms with Crippen molar-refractivity contribution in [3.8, 4) is 0 Å². The van der Waals surface area contributed by atoms with Gasteiger partial charge in [-0.25, -0.2) is 0 Å².